The molecule has 5 heteroatoms. The molecule has 0 aliphatic carbocycles. The third-order valence-electron chi connectivity index (χ3n) is 4.48. The molecule has 0 atom stereocenters. The van der Waals surface area contributed by atoms with Crippen molar-refractivity contribution in [1.29, 1.82) is 0 Å². The zero-order valence-electron chi connectivity index (χ0n) is 15.2. The van der Waals surface area contributed by atoms with Crippen LogP contribution in [0, 0.1) is 0 Å². The van der Waals surface area contributed by atoms with Gasteiger partial charge in [0.05, 0.1) is 11.2 Å². The van der Waals surface area contributed by atoms with Crippen molar-refractivity contribution in [3.63, 3.8) is 0 Å². The molecule has 0 unspecified atom stereocenters. The molecule has 3 rings (SSSR count). The van der Waals surface area contributed by atoms with Crippen LogP contribution in [0.1, 0.15) is 13.8 Å². The second kappa shape index (κ2) is 9.91. The van der Waals surface area contributed by atoms with Crippen LogP contribution in [-0.4, -0.2) is 36.1 Å². The fourth-order valence-electron chi connectivity index (χ4n) is 2.99. The Bertz CT molecular complexity index is 835. The van der Waals surface area contributed by atoms with E-state index < -0.39 is 0 Å². The highest BCUT2D eigenvalue weighted by molar-refractivity contribution is 8.93. The van der Waals surface area contributed by atoms with Crippen molar-refractivity contribution in [2.45, 2.75) is 13.8 Å². The summed E-state index contributed by atoms with van der Waals surface area (Å²) in [5.74, 6) is 0. The van der Waals surface area contributed by atoms with Gasteiger partial charge in [0.1, 0.15) is 0 Å². The van der Waals surface area contributed by atoms with Crippen LogP contribution in [-0.2, 0) is 0 Å². The number of nitrogens with zero attached hydrogens (tertiary/aromatic N) is 2. The van der Waals surface area contributed by atoms with Gasteiger partial charge < -0.3 is 10.2 Å². The third-order valence-corrected chi connectivity index (χ3v) is 4.71. The molecule has 0 spiro atoms. The zero-order valence-corrected chi connectivity index (χ0v) is 17.7. The number of hydrogen-bond acceptors (Lipinski definition) is 3. The zero-order chi connectivity index (χ0) is 17.6. The molecule has 1 heterocycles. The maximum absolute atomic E-state index is 6.21. The number of pyridine rings is 1. The van der Waals surface area contributed by atoms with Crippen LogP contribution in [0.15, 0.2) is 54.6 Å². The van der Waals surface area contributed by atoms with E-state index >= 15 is 0 Å². The fourth-order valence-corrected chi connectivity index (χ4v) is 3.16. The van der Waals surface area contributed by atoms with Crippen molar-refractivity contribution in [1.82, 2.24) is 9.88 Å². The van der Waals surface area contributed by atoms with E-state index in [1.165, 1.54) is 0 Å². The van der Waals surface area contributed by atoms with E-state index in [2.05, 4.69) is 42.3 Å². The number of anilines is 1. The topological polar surface area (TPSA) is 28.2 Å². The Kier molecular flexibility index (Phi) is 7.88. The SMILES string of the molecule is Br.CCN(CC)CCNc1cc(-c2ccccc2)nc2ccc(Cl)cc12. The lowest BCUT2D eigenvalue weighted by atomic mass is 10.1. The Morgan fingerprint density at radius 1 is 1.00 bits per heavy atom. The lowest BCUT2D eigenvalue weighted by molar-refractivity contribution is 0.316. The van der Waals surface area contributed by atoms with Crippen molar-refractivity contribution < 1.29 is 0 Å². The first-order valence-electron chi connectivity index (χ1n) is 8.83. The molecule has 0 amide bonds. The maximum Gasteiger partial charge on any atom is 0.0731 e. The second-order valence-electron chi connectivity index (χ2n) is 6.04. The lowest BCUT2D eigenvalue weighted by Crippen LogP contribution is -2.28. The molecule has 0 fully saturated rings. The Hall–Kier alpha value is -1.62. The summed E-state index contributed by atoms with van der Waals surface area (Å²) in [5, 5.41) is 5.38. The third kappa shape index (κ3) is 4.97. The van der Waals surface area contributed by atoms with Gasteiger partial charge in [-0.25, -0.2) is 4.98 Å². The molecule has 0 saturated heterocycles. The summed E-state index contributed by atoms with van der Waals surface area (Å²) in [7, 11) is 0. The van der Waals surface area contributed by atoms with Crippen LogP contribution in [0.25, 0.3) is 22.2 Å². The first kappa shape index (κ1) is 20.7. The number of rotatable bonds is 7. The summed E-state index contributed by atoms with van der Waals surface area (Å²) in [4.78, 5) is 7.22. The molecular weight excluding hydrogens is 410 g/mol. The highest BCUT2D eigenvalue weighted by Gasteiger charge is 2.09. The maximum atomic E-state index is 6.21. The normalized spacial score (nSPS) is 10.8. The van der Waals surface area contributed by atoms with Gasteiger partial charge in [-0.3, -0.25) is 0 Å². The molecule has 2 aromatic carbocycles. The average molecular weight is 435 g/mol. The van der Waals surface area contributed by atoms with E-state index in [0.29, 0.717) is 0 Å². The van der Waals surface area contributed by atoms with Gasteiger partial charge in [-0.15, -0.1) is 17.0 Å². The van der Waals surface area contributed by atoms with Crippen LogP contribution in [0.2, 0.25) is 5.02 Å². The molecular formula is C21H25BrClN3. The van der Waals surface area contributed by atoms with Gasteiger partial charge in [-0.05, 0) is 37.4 Å². The Labute approximate surface area is 171 Å². The van der Waals surface area contributed by atoms with Gasteiger partial charge in [-0.1, -0.05) is 55.8 Å². The van der Waals surface area contributed by atoms with Crippen molar-refractivity contribution in [3.05, 3.63) is 59.6 Å². The van der Waals surface area contributed by atoms with E-state index in [-0.39, 0.29) is 17.0 Å². The van der Waals surface area contributed by atoms with E-state index in [1.54, 1.807) is 0 Å². The van der Waals surface area contributed by atoms with Gasteiger partial charge in [0, 0.05) is 34.7 Å². The van der Waals surface area contributed by atoms with Crippen molar-refractivity contribution in [2.24, 2.45) is 0 Å². The van der Waals surface area contributed by atoms with Crippen LogP contribution in [0.4, 0.5) is 5.69 Å². The van der Waals surface area contributed by atoms with E-state index in [0.717, 1.165) is 59.0 Å². The number of hydrogen-bond donors (Lipinski definition) is 1. The quantitative estimate of drug-likeness (QED) is 0.503. The van der Waals surface area contributed by atoms with Gasteiger partial charge in [0.25, 0.3) is 0 Å². The van der Waals surface area contributed by atoms with Gasteiger partial charge in [-0.2, -0.15) is 0 Å². The largest absolute Gasteiger partial charge is 0.383 e. The molecule has 0 bridgehead atoms. The fraction of sp³-hybridized carbons (Fsp3) is 0.286. The number of likely N-dealkylation sites (N-methyl/N-ethyl adjacent to an activating group) is 1. The highest BCUT2D eigenvalue weighted by atomic mass is 79.9. The van der Waals surface area contributed by atoms with Crippen molar-refractivity contribution >= 4 is 45.2 Å². The van der Waals surface area contributed by atoms with Crippen molar-refractivity contribution in [2.75, 3.05) is 31.5 Å². The molecule has 0 aliphatic rings. The first-order valence-corrected chi connectivity index (χ1v) is 9.21. The molecule has 0 aliphatic heterocycles. The van der Waals surface area contributed by atoms with Crippen LogP contribution in [0.3, 0.4) is 0 Å². The number of nitrogens with one attached hydrogen (secondary N) is 1. The Balaban J connectivity index is 0.00000243. The molecule has 1 aromatic heterocycles. The van der Waals surface area contributed by atoms with Gasteiger partial charge in [0.2, 0.25) is 0 Å². The predicted molar refractivity (Wildman–Crippen MR) is 119 cm³/mol. The molecule has 26 heavy (non-hydrogen) atoms. The Morgan fingerprint density at radius 3 is 2.42 bits per heavy atom. The van der Waals surface area contributed by atoms with E-state index in [4.69, 9.17) is 16.6 Å². The molecule has 138 valence electrons. The van der Waals surface area contributed by atoms with Crippen LogP contribution in [0.5, 0.6) is 0 Å². The number of aromatic nitrogens is 1. The standard InChI is InChI=1S/C21H24ClN3.BrH/c1-3-25(4-2)13-12-23-21-15-20(16-8-6-5-7-9-16)24-19-11-10-17(22)14-18(19)21;/h5-11,14-15H,3-4,12-13H2,1-2H3,(H,23,24);1H. The predicted octanol–water partition coefficient (Wildman–Crippen LogP) is 5.89. The summed E-state index contributed by atoms with van der Waals surface area (Å²) in [5.41, 5.74) is 4.13. The van der Waals surface area contributed by atoms with Gasteiger partial charge >= 0.3 is 0 Å². The smallest absolute Gasteiger partial charge is 0.0731 e. The number of fused-ring (bicyclic) bond motifs is 1. The molecule has 0 radical (unpaired) electrons. The average Bonchev–Trinajstić information content (AvgIpc) is 2.66. The molecule has 1 N–H and O–H groups in total. The first-order chi connectivity index (χ1) is 12.2. The van der Waals surface area contributed by atoms with Crippen LogP contribution < -0.4 is 5.32 Å². The van der Waals surface area contributed by atoms with Crippen molar-refractivity contribution in [3.8, 4) is 11.3 Å². The summed E-state index contributed by atoms with van der Waals surface area (Å²) < 4.78 is 0. The summed E-state index contributed by atoms with van der Waals surface area (Å²) >= 11 is 6.21. The molecule has 3 nitrogen and oxygen atoms in total. The molecule has 3 aromatic rings. The summed E-state index contributed by atoms with van der Waals surface area (Å²) in [6, 6.07) is 18.3. The monoisotopic (exact) mass is 433 g/mol. The number of benzene rings is 2. The van der Waals surface area contributed by atoms with E-state index in [1.807, 2.05) is 36.4 Å². The minimum absolute atomic E-state index is 0. The highest BCUT2D eigenvalue weighted by Crippen LogP contribution is 2.30. The van der Waals surface area contributed by atoms with Crippen LogP contribution >= 0.6 is 28.6 Å². The number of halogens is 2. The lowest BCUT2D eigenvalue weighted by Gasteiger charge is -2.19. The minimum atomic E-state index is 0. The van der Waals surface area contributed by atoms with E-state index in [9.17, 15) is 0 Å². The van der Waals surface area contributed by atoms with Gasteiger partial charge in [0.15, 0.2) is 0 Å². The molecule has 0 saturated carbocycles. The minimum Gasteiger partial charge on any atom is -0.383 e. The summed E-state index contributed by atoms with van der Waals surface area (Å²) in [6.45, 7) is 8.42. The Morgan fingerprint density at radius 2 is 1.73 bits per heavy atom. The second-order valence-corrected chi connectivity index (χ2v) is 6.47. The summed E-state index contributed by atoms with van der Waals surface area (Å²) in [6.07, 6.45) is 0.